The number of nitrogens with one attached hydrogen (secondary N) is 2. The Morgan fingerprint density at radius 2 is 2.21 bits per heavy atom. The first-order valence-electron chi connectivity index (χ1n) is 4.46. The Kier molecular flexibility index (Phi) is 2.69. The molecule has 5 N–H and O–H groups in total. The molecule has 0 saturated carbocycles. The van der Waals surface area contributed by atoms with Crippen molar-refractivity contribution in [3.05, 3.63) is 24.3 Å². The zero-order valence-corrected chi connectivity index (χ0v) is 7.59. The molecule has 2 rings (SSSR count). The molecule has 0 aromatic carbocycles. The third-order valence-electron chi connectivity index (χ3n) is 2.40. The minimum Gasteiger partial charge on any atom is -0.388 e. The van der Waals surface area contributed by atoms with Crippen LogP contribution in [0, 0.1) is 5.92 Å². The third-order valence-corrected chi connectivity index (χ3v) is 2.40. The molecule has 0 spiro atoms. The number of rotatable bonds is 2. The van der Waals surface area contributed by atoms with Crippen LogP contribution in [0.4, 0.5) is 0 Å². The Labute approximate surface area is 81.5 Å². The Balaban J connectivity index is 2.12. The van der Waals surface area contributed by atoms with Crippen LogP contribution in [0.15, 0.2) is 18.7 Å². The van der Waals surface area contributed by atoms with Gasteiger partial charge in [0, 0.05) is 30.4 Å². The molecule has 1 aliphatic rings. The molecule has 1 fully saturated rings. The largest absolute Gasteiger partial charge is 0.388 e. The van der Waals surface area contributed by atoms with Crippen LogP contribution in [0.2, 0.25) is 0 Å². The van der Waals surface area contributed by atoms with Gasteiger partial charge in [-0.1, -0.05) is 0 Å². The number of nitrogens with two attached hydrogens (primary N) is 1. The van der Waals surface area contributed by atoms with Crippen molar-refractivity contribution in [2.24, 2.45) is 11.7 Å². The van der Waals surface area contributed by atoms with Crippen LogP contribution < -0.4 is 16.6 Å². The second-order valence-corrected chi connectivity index (χ2v) is 3.33. The monoisotopic (exact) mass is 195 g/mol. The van der Waals surface area contributed by atoms with Crippen LogP contribution in [-0.2, 0) is 0 Å². The summed E-state index contributed by atoms with van der Waals surface area (Å²) in [5.74, 6) is -0.0546. The van der Waals surface area contributed by atoms with Crippen molar-refractivity contribution in [3.63, 3.8) is 0 Å². The predicted octanol–water partition coefficient (Wildman–Crippen LogP) is -1.48. The zero-order chi connectivity index (χ0) is 9.97. The van der Waals surface area contributed by atoms with Gasteiger partial charge in [-0.3, -0.25) is 5.43 Å². The van der Waals surface area contributed by atoms with Crippen molar-refractivity contribution >= 4 is 0 Å². The minimum atomic E-state index is -0.631. The zero-order valence-electron chi connectivity index (χ0n) is 7.59. The molecule has 3 atom stereocenters. The van der Waals surface area contributed by atoms with E-state index < -0.39 is 6.10 Å². The number of aliphatic hydroxyl groups is 1. The molecule has 1 aromatic rings. The molecular weight excluding hydrogens is 182 g/mol. The number of hydrazine groups is 1. The second kappa shape index (κ2) is 3.97. The average Bonchev–Trinajstić information content (AvgIpc) is 2.65. The molecule has 76 valence electrons. The van der Waals surface area contributed by atoms with Crippen LogP contribution in [0.25, 0.3) is 0 Å². The number of aromatic nitrogens is 2. The summed E-state index contributed by atoms with van der Waals surface area (Å²) < 4.78 is 0. The number of hydrogen-bond acceptors (Lipinski definition) is 6. The topological polar surface area (TPSA) is 96.1 Å². The van der Waals surface area contributed by atoms with Crippen LogP contribution >= 0.6 is 0 Å². The minimum absolute atomic E-state index is 0.0546. The van der Waals surface area contributed by atoms with Gasteiger partial charge in [0.25, 0.3) is 0 Å². The Bertz CT molecular complexity index is 293. The summed E-state index contributed by atoms with van der Waals surface area (Å²) in [6, 6.07) is 0. The third kappa shape index (κ3) is 1.73. The van der Waals surface area contributed by atoms with Crippen LogP contribution in [0.3, 0.4) is 0 Å². The maximum atomic E-state index is 9.95. The molecule has 6 heteroatoms. The maximum Gasteiger partial charge on any atom is 0.115 e. The summed E-state index contributed by atoms with van der Waals surface area (Å²) in [6.45, 7) is 0.636. The molecule has 1 saturated heterocycles. The van der Waals surface area contributed by atoms with E-state index in [2.05, 4.69) is 20.8 Å². The lowest BCUT2D eigenvalue weighted by Crippen LogP contribution is -2.40. The molecule has 1 aliphatic heterocycles. The summed E-state index contributed by atoms with van der Waals surface area (Å²) in [4.78, 5) is 7.70. The summed E-state index contributed by atoms with van der Waals surface area (Å²) in [5, 5.41) is 9.95. The lowest BCUT2D eigenvalue weighted by Gasteiger charge is -2.19. The number of aliphatic hydroxyl groups excluding tert-OH is 1. The standard InChI is InChI=1S/C8H13N5O/c9-8-6(3-12-13-8)7(14)5-1-10-4-11-2-5/h1-2,4,6-8,12-14H,3,9H2. The van der Waals surface area contributed by atoms with Gasteiger partial charge >= 0.3 is 0 Å². The van der Waals surface area contributed by atoms with Crippen molar-refractivity contribution in [1.82, 2.24) is 20.8 Å². The van der Waals surface area contributed by atoms with E-state index >= 15 is 0 Å². The summed E-state index contributed by atoms with van der Waals surface area (Å²) in [7, 11) is 0. The molecule has 0 aliphatic carbocycles. The van der Waals surface area contributed by atoms with E-state index in [1.165, 1.54) is 6.33 Å². The molecule has 14 heavy (non-hydrogen) atoms. The number of hydrogen-bond donors (Lipinski definition) is 4. The van der Waals surface area contributed by atoms with E-state index in [-0.39, 0.29) is 12.1 Å². The van der Waals surface area contributed by atoms with Gasteiger partial charge in [-0.25, -0.2) is 15.4 Å². The van der Waals surface area contributed by atoms with Crippen molar-refractivity contribution in [2.75, 3.05) is 6.54 Å². The number of nitrogens with zero attached hydrogens (tertiary/aromatic N) is 2. The highest BCUT2D eigenvalue weighted by Crippen LogP contribution is 2.23. The van der Waals surface area contributed by atoms with E-state index in [0.717, 1.165) is 0 Å². The van der Waals surface area contributed by atoms with Gasteiger partial charge in [-0.05, 0) is 0 Å². The Hall–Kier alpha value is -1.08. The van der Waals surface area contributed by atoms with E-state index in [4.69, 9.17) is 5.73 Å². The first kappa shape index (κ1) is 9.47. The van der Waals surface area contributed by atoms with Crippen LogP contribution in [0.5, 0.6) is 0 Å². The Morgan fingerprint density at radius 1 is 1.50 bits per heavy atom. The maximum absolute atomic E-state index is 9.95. The SMILES string of the molecule is NC1NNCC1C(O)c1cncnc1. The molecule has 6 nitrogen and oxygen atoms in total. The van der Waals surface area contributed by atoms with Gasteiger partial charge in [0.15, 0.2) is 0 Å². The van der Waals surface area contributed by atoms with Gasteiger partial charge < -0.3 is 10.8 Å². The highest BCUT2D eigenvalue weighted by molar-refractivity contribution is 5.09. The molecule has 0 radical (unpaired) electrons. The van der Waals surface area contributed by atoms with E-state index in [1.54, 1.807) is 12.4 Å². The second-order valence-electron chi connectivity index (χ2n) is 3.33. The molecule has 2 heterocycles. The fourth-order valence-electron chi connectivity index (χ4n) is 1.55. The molecule has 3 unspecified atom stereocenters. The Morgan fingerprint density at radius 3 is 2.79 bits per heavy atom. The highest BCUT2D eigenvalue weighted by Gasteiger charge is 2.31. The average molecular weight is 195 g/mol. The van der Waals surface area contributed by atoms with Gasteiger partial charge in [0.1, 0.15) is 6.33 Å². The van der Waals surface area contributed by atoms with Crippen LogP contribution in [-0.4, -0.2) is 27.8 Å². The van der Waals surface area contributed by atoms with Crippen molar-refractivity contribution < 1.29 is 5.11 Å². The van der Waals surface area contributed by atoms with Gasteiger partial charge in [0.05, 0.1) is 12.3 Å². The van der Waals surface area contributed by atoms with Crippen molar-refractivity contribution in [2.45, 2.75) is 12.3 Å². The fourth-order valence-corrected chi connectivity index (χ4v) is 1.55. The summed E-state index contributed by atoms with van der Waals surface area (Å²) >= 11 is 0. The first-order chi connectivity index (χ1) is 6.79. The first-order valence-corrected chi connectivity index (χ1v) is 4.46. The van der Waals surface area contributed by atoms with E-state index in [1.807, 2.05) is 0 Å². The van der Waals surface area contributed by atoms with Crippen molar-refractivity contribution in [3.8, 4) is 0 Å². The lowest BCUT2D eigenvalue weighted by atomic mass is 9.96. The van der Waals surface area contributed by atoms with E-state index in [9.17, 15) is 5.11 Å². The predicted molar refractivity (Wildman–Crippen MR) is 49.6 cm³/mol. The van der Waals surface area contributed by atoms with Gasteiger partial charge in [-0.2, -0.15) is 0 Å². The normalized spacial score (nSPS) is 29.0. The quantitative estimate of drug-likeness (QED) is 0.459. The molecule has 0 bridgehead atoms. The fraction of sp³-hybridized carbons (Fsp3) is 0.500. The van der Waals surface area contributed by atoms with Gasteiger partial charge in [-0.15, -0.1) is 0 Å². The highest BCUT2D eigenvalue weighted by atomic mass is 16.3. The molecule has 1 aromatic heterocycles. The lowest BCUT2D eigenvalue weighted by molar-refractivity contribution is 0.107. The molecular formula is C8H13N5O. The van der Waals surface area contributed by atoms with E-state index in [0.29, 0.717) is 12.1 Å². The summed E-state index contributed by atoms with van der Waals surface area (Å²) in [6.07, 6.45) is 3.76. The summed E-state index contributed by atoms with van der Waals surface area (Å²) in [5.41, 5.74) is 12.2. The van der Waals surface area contributed by atoms with Crippen LogP contribution in [0.1, 0.15) is 11.7 Å². The van der Waals surface area contributed by atoms with Gasteiger partial charge in [0.2, 0.25) is 0 Å². The smallest absolute Gasteiger partial charge is 0.115 e. The molecule has 0 amide bonds. The van der Waals surface area contributed by atoms with Crippen molar-refractivity contribution in [1.29, 1.82) is 0 Å².